The standard InChI is InChI=1S/C21H18N2O4S/c1-14-3-8-17(9-4-14)27-18-10-6-16(7-11-18)22-21(24)15-5-12-20(28-2)19(13-15)23(25)26/h3-13H,1-2H3,(H,22,24). The molecular weight excluding hydrogens is 376 g/mol. The monoisotopic (exact) mass is 394 g/mol. The lowest BCUT2D eigenvalue weighted by molar-refractivity contribution is -0.387. The Balaban J connectivity index is 1.70. The molecule has 0 radical (unpaired) electrons. The van der Waals surface area contributed by atoms with Crippen molar-refractivity contribution >= 4 is 29.0 Å². The van der Waals surface area contributed by atoms with Gasteiger partial charge in [-0.15, -0.1) is 11.8 Å². The lowest BCUT2D eigenvalue weighted by atomic mass is 10.2. The van der Waals surface area contributed by atoms with Gasteiger partial charge in [-0.1, -0.05) is 17.7 Å². The third-order valence-electron chi connectivity index (χ3n) is 4.01. The lowest BCUT2D eigenvalue weighted by Gasteiger charge is -2.09. The van der Waals surface area contributed by atoms with Gasteiger partial charge in [0.15, 0.2) is 0 Å². The van der Waals surface area contributed by atoms with E-state index >= 15 is 0 Å². The number of anilines is 1. The molecule has 0 bridgehead atoms. The van der Waals surface area contributed by atoms with E-state index in [1.807, 2.05) is 31.2 Å². The van der Waals surface area contributed by atoms with Crippen LogP contribution in [0.25, 0.3) is 0 Å². The van der Waals surface area contributed by atoms with E-state index in [4.69, 9.17) is 4.74 Å². The molecule has 3 aromatic rings. The number of ether oxygens (including phenoxy) is 1. The van der Waals surface area contributed by atoms with Crippen LogP contribution in [-0.2, 0) is 0 Å². The zero-order chi connectivity index (χ0) is 20.1. The average molecular weight is 394 g/mol. The number of nitro benzene ring substituents is 1. The average Bonchev–Trinajstić information content (AvgIpc) is 2.70. The van der Waals surface area contributed by atoms with Crippen LogP contribution in [0.1, 0.15) is 15.9 Å². The smallest absolute Gasteiger partial charge is 0.283 e. The quantitative estimate of drug-likeness (QED) is 0.331. The Bertz CT molecular complexity index is 1000. The first-order valence-corrected chi connectivity index (χ1v) is 9.67. The van der Waals surface area contributed by atoms with Crippen molar-refractivity contribution in [3.63, 3.8) is 0 Å². The summed E-state index contributed by atoms with van der Waals surface area (Å²) in [6.07, 6.45) is 1.75. The maximum absolute atomic E-state index is 12.4. The van der Waals surface area contributed by atoms with Crippen molar-refractivity contribution in [1.29, 1.82) is 0 Å². The molecule has 0 heterocycles. The number of carbonyl (C=O) groups is 1. The van der Waals surface area contributed by atoms with Crippen molar-refractivity contribution in [2.24, 2.45) is 0 Å². The van der Waals surface area contributed by atoms with E-state index in [0.717, 1.165) is 11.3 Å². The van der Waals surface area contributed by atoms with Gasteiger partial charge in [-0.25, -0.2) is 0 Å². The summed E-state index contributed by atoms with van der Waals surface area (Å²) in [5, 5.41) is 13.9. The molecular formula is C21H18N2O4S. The van der Waals surface area contributed by atoms with Crippen molar-refractivity contribution in [3.8, 4) is 11.5 Å². The molecule has 6 nitrogen and oxygen atoms in total. The molecule has 1 amide bonds. The van der Waals surface area contributed by atoms with Crippen molar-refractivity contribution in [2.75, 3.05) is 11.6 Å². The highest BCUT2D eigenvalue weighted by Gasteiger charge is 2.17. The predicted octanol–water partition coefficient (Wildman–Crippen LogP) is 5.67. The molecule has 0 saturated carbocycles. The third-order valence-corrected chi connectivity index (χ3v) is 4.79. The molecule has 0 aromatic heterocycles. The fraction of sp³-hybridized carbons (Fsp3) is 0.0952. The molecule has 0 aliphatic carbocycles. The van der Waals surface area contributed by atoms with Gasteiger partial charge >= 0.3 is 0 Å². The second-order valence-electron chi connectivity index (χ2n) is 6.04. The number of nitrogens with zero attached hydrogens (tertiary/aromatic N) is 1. The van der Waals surface area contributed by atoms with E-state index in [2.05, 4.69) is 5.32 Å². The zero-order valence-corrected chi connectivity index (χ0v) is 16.2. The van der Waals surface area contributed by atoms with E-state index in [1.54, 1.807) is 42.7 Å². The van der Waals surface area contributed by atoms with Crippen molar-refractivity contribution < 1.29 is 14.5 Å². The summed E-state index contributed by atoms with van der Waals surface area (Å²) < 4.78 is 5.76. The maximum Gasteiger partial charge on any atom is 0.283 e. The first-order chi connectivity index (χ1) is 13.5. The minimum absolute atomic E-state index is 0.0815. The normalized spacial score (nSPS) is 10.4. The summed E-state index contributed by atoms with van der Waals surface area (Å²) in [7, 11) is 0. The van der Waals surface area contributed by atoms with Crippen LogP contribution in [0.3, 0.4) is 0 Å². The Kier molecular flexibility index (Phi) is 5.96. The number of nitro groups is 1. The molecule has 0 aliphatic heterocycles. The SMILES string of the molecule is CSc1ccc(C(=O)Nc2ccc(Oc3ccc(C)cc3)cc2)cc1[N+](=O)[O-]. The Labute approximate surface area is 166 Å². The van der Waals surface area contributed by atoms with Gasteiger partial charge in [-0.05, 0) is 61.7 Å². The number of benzene rings is 3. The highest BCUT2D eigenvalue weighted by atomic mass is 32.2. The van der Waals surface area contributed by atoms with Crippen LogP contribution in [0.4, 0.5) is 11.4 Å². The summed E-state index contributed by atoms with van der Waals surface area (Å²) in [6.45, 7) is 2.00. The van der Waals surface area contributed by atoms with Crippen LogP contribution in [0.2, 0.25) is 0 Å². The number of nitrogens with one attached hydrogen (secondary N) is 1. The number of thioether (sulfide) groups is 1. The molecule has 0 spiro atoms. The topological polar surface area (TPSA) is 81.5 Å². The van der Waals surface area contributed by atoms with E-state index in [-0.39, 0.29) is 11.3 Å². The van der Waals surface area contributed by atoms with Gasteiger partial charge in [0, 0.05) is 17.3 Å². The van der Waals surface area contributed by atoms with Gasteiger partial charge in [0.05, 0.1) is 9.82 Å². The van der Waals surface area contributed by atoms with Gasteiger partial charge in [-0.2, -0.15) is 0 Å². The van der Waals surface area contributed by atoms with Crippen molar-refractivity contribution in [3.05, 3.63) is 88.0 Å². The fourth-order valence-electron chi connectivity index (χ4n) is 2.53. The molecule has 142 valence electrons. The maximum atomic E-state index is 12.4. The third kappa shape index (κ3) is 4.69. The summed E-state index contributed by atoms with van der Waals surface area (Å²) in [5.74, 6) is 0.952. The molecule has 0 saturated heterocycles. The fourth-order valence-corrected chi connectivity index (χ4v) is 3.07. The van der Waals surface area contributed by atoms with Crippen LogP contribution in [-0.4, -0.2) is 17.1 Å². The molecule has 0 atom stereocenters. The predicted molar refractivity (Wildman–Crippen MR) is 111 cm³/mol. The Morgan fingerprint density at radius 3 is 2.18 bits per heavy atom. The van der Waals surface area contributed by atoms with E-state index in [9.17, 15) is 14.9 Å². The summed E-state index contributed by atoms with van der Waals surface area (Å²) in [5.41, 5.74) is 1.86. The first kappa shape index (κ1) is 19.4. The molecule has 7 heteroatoms. The minimum Gasteiger partial charge on any atom is -0.457 e. The lowest BCUT2D eigenvalue weighted by Crippen LogP contribution is -2.12. The molecule has 3 rings (SSSR count). The minimum atomic E-state index is -0.486. The van der Waals surface area contributed by atoms with Crippen LogP contribution in [0.15, 0.2) is 71.6 Å². The molecule has 1 N–H and O–H groups in total. The highest BCUT2D eigenvalue weighted by molar-refractivity contribution is 7.98. The molecule has 0 aliphatic rings. The summed E-state index contributed by atoms with van der Waals surface area (Å²) >= 11 is 1.26. The van der Waals surface area contributed by atoms with Gasteiger partial charge in [-0.3, -0.25) is 14.9 Å². The van der Waals surface area contributed by atoms with Crippen molar-refractivity contribution in [2.45, 2.75) is 11.8 Å². The van der Waals surface area contributed by atoms with E-state index in [1.165, 1.54) is 17.8 Å². The second-order valence-corrected chi connectivity index (χ2v) is 6.89. The zero-order valence-electron chi connectivity index (χ0n) is 15.3. The number of hydrogen-bond donors (Lipinski definition) is 1. The number of aryl methyl sites for hydroxylation is 1. The number of amides is 1. The summed E-state index contributed by atoms with van der Waals surface area (Å²) in [6, 6.07) is 19.1. The Hall–Kier alpha value is -3.32. The van der Waals surface area contributed by atoms with Crippen LogP contribution < -0.4 is 10.1 Å². The Morgan fingerprint density at radius 2 is 1.61 bits per heavy atom. The van der Waals surface area contributed by atoms with Crippen LogP contribution in [0.5, 0.6) is 11.5 Å². The summed E-state index contributed by atoms with van der Waals surface area (Å²) in [4.78, 5) is 23.6. The van der Waals surface area contributed by atoms with Gasteiger partial charge in [0.25, 0.3) is 11.6 Å². The molecule has 3 aromatic carbocycles. The molecule has 0 fully saturated rings. The van der Waals surface area contributed by atoms with E-state index < -0.39 is 10.8 Å². The van der Waals surface area contributed by atoms with E-state index in [0.29, 0.717) is 16.3 Å². The van der Waals surface area contributed by atoms with Crippen LogP contribution in [0, 0.1) is 17.0 Å². The van der Waals surface area contributed by atoms with Crippen LogP contribution >= 0.6 is 11.8 Å². The van der Waals surface area contributed by atoms with Gasteiger partial charge in [0.1, 0.15) is 11.5 Å². The Morgan fingerprint density at radius 1 is 1.00 bits per heavy atom. The van der Waals surface area contributed by atoms with Gasteiger partial charge < -0.3 is 10.1 Å². The first-order valence-electron chi connectivity index (χ1n) is 8.44. The van der Waals surface area contributed by atoms with Crippen molar-refractivity contribution in [1.82, 2.24) is 0 Å². The number of carbonyl (C=O) groups excluding carboxylic acids is 1. The second kappa shape index (κ2) is 8.58. The highest BCUT2D eigenvalue weighted by Crippen LogP contribution is 2.29. The largest absolute Gasteiger partial charge is 0.457 e. The number of rotatable bonds is 6. The molecule has 0 unspecified atom stereocenters. The number of hydrogen-bond acceptors (Lipinski definition) is 5. The molecule has 28 heavy (non-hydrogen) atoms. The van der Waals surface area contributed by atoms with Gasteiger partial charge in [0.2, 0.25) is 0 Å².